The van der Waals surface area contributed by atoms with Crippen molar-refractivity contribution in [2.45, 2.75) is 51.2 Å². The minimum Gasteiger partial charge on any atom is -0.477 e. The van der Waals surface area contributed by atoms with Gasteiger partial charge in [0, 0.05) is 48.3 Å². The Morgan fingerprint density at radius 1 is 1.02 bits per heavy atom. The molecule has 0 saturated carbocycles. The molecule has 0 bridgehead atoms. The highest BCUT2D eigenvalue weighted by Crippen LogP contribution is 2.41. The van der Waals surface area contributed by atoms with Crippen LogP contribution in [0, 0.1) is 5.92 Å². The van der Waals surface area contributed by atoms with E-state index in [4.69, 9.17) is 13.7 Å². The van der Waals surface area contributed by atoms with E-state index >= 15 is 0 Å². The van der Waals surface area contributed by atoms with E-state index in [-0.39, 0.29) is 72.8 Å². The maximum atomic E-state index is 14.9. The molecule has 0 radical (unpaired) electrons. The van der Waals surface area contributed by atoms with Crippen LogP contribution in [0.3, 0.4) is 0 Å². The minimum absolute atomic E-state index is 0.0158. The number of ether oxygens (including phenoxy) is 2. The van der Waals surface area contributed by atoms with Gasteiger partial charge in [-0.15, -0.1) is 0 Å². The largest absolute Gasteiger partial charge is 0.477 e. The van der Waals surface area contributed by atoms with Crippen LogP contribution in [0.1, 0.15) is 51.4 Å². The fourth-order valence-corrected chi connectivity index (χ4v) is 7.60. The number of hydrogen-bond acceptors (Lipinski definition) is 12. The zero-order valence-corrected chi connectivity index (χ0v) is 31.5. The molecule has 17 nitrogen and oxygen atoms in total. The number of para-hydroxylation sites is 1. The summed E-state index contributed by atoms with van der Waals surface area (Å²) in [5.74, 6) is -3.01. The zero-order valence-electron chi connectivity index (χ0n) is 30.7. The number of amides is 2. The average molecular weight is 792 g/mol. The fourth-order valence-electron chi connectivity index (χ4n) is 6.97. The number of alkyl carbamates (subject to hydrolysis) is 1. The van der Waals surface area contributed by atoms with Gasteiger partial charge in [0.1, 0.15) is 18.3 Å². The van der Waals surface area contributed by atoms with E-state index in [9.17, 15) is 42.6 Å². The average Bonchev–Trinajstić information content (AvgIpc) is 3.74. The van der Waals surface area contributed by atoms with E-state index in [2.05, 4.69) is 21.3 Å². The molecule has 2 amide bonds. The Hall–Kier alpha value is -5.98. The van der Waals surface area contributed by atoms with E-state index in [0.29, 0.717) is 10.3 Å². The number of nitrogens with one attached hydrogen (secondary N) is 4. The molecular weight excluding hydrogens is 751 g/mol. The van der Waals surface area contributed by atoms with Crippen LogP contribution < -0.4 is 21.3 Å². The van der Waals surface area contributed by atoms with Crippen LogP contribution in [0.4, 0.5) is 21.0 Å². The van der Waals surface area contributed by atoms with E-state index in [1.165, 1.54) is 6.07 Å². The summed E-state index contributed by atoms with van der Waals surface area (Å²) in [5, 5.41) is 31.7. The molecule has 2 aliphatic heterocycles. The number of carboxylic acid groups (broad SMARTS) is 2. The smallest absolute Gasteiger partial charge is 0.416 e. The van der Waals surface area contributed by atoms with Crippen LogP contribution in [0.2, 0.25) is 0 Å². The summed E-state index contributed by atoms with van der Waals surface area (Å²) in [6, 6.07) is 17.6. The van der Waals surface area contributed by atoms with Crippen LogP contribution in [-0.2, 0) is 48.0 Å². The lowest BCUT2D eigenvalue weighted by atomic mass is 9.89. The van der Waals surface area contributed by atoms with E-state index in [1.807, 2.05) is 18.2 Å². The highest BCUT2D eigenvalue weighted by Gasteiger charge is 2.47. The number of carboxylic acids is 1. The van der Waals surface area contributed by atoms with Crippen molar-refractivity contribution in [3.8, 4) is 0 Å². The molecule has 0 saturated heterocycles. The van der Waals surface area contributed by atoms with Gasteiger partial charge in [0.05, 0.1) is 24.5 Å². The summed E-state index contributed by atoms with van der Waals surface area (Å²) in [6.45, 7) is 3.20. The van der Waals surface area contributed by atoms with Crippen molar-refractivity contribution in [1.29, 1.82) is 0 Å². The number of aromatic carboxylic acids is 1. The number of anilines is 2. The SMILES string of the molecule is CC(C)[C@H](NC(=O)OCc1ccccc1)C(=O)NCCOC1(C(=O)c2cc3c(cc(C(=O)O)n3C(=O)O)c3c2NCC(OS(C)(=O)=O)C3)Cc2ccccc2N1. The van der Waals surface area contributed by atoms with Crippen molar-refractivity contribution in [2.75, 3.05) is 36.6 Å². The second kappa shape index (κ2) is 16.0. The number of carbonyl (C=O) groups is 5. The van der Waals surface area contributed by atoms with Crippen LogP contribution in [0.25, 0.3) is 10.9 Å². The van der Waals surface area contributed by atoms with Gasteiger partial charge in [-0.05, 0) is 40.8 Å². The number of carbonyl (C=O) groups excluding carboxylic acids is 3. The summed E-state index contributed by atoms with van der Waals surface area (Å²) in [6.07, 6.45) is -2.54. The van der Waals surface area contributed by atoms with Crippen LogP contribution in [-0.4, -0.2) is 96.9 Å². The van der Waals surface area contributed by atoms with Crippen LogP contribution in [0.15, 0.2) is 66.7 Å². The Bertz CT molecular complexity index is 2280. The molecule has 2 aliphatic rings. The van der Waals surface area contributed by atoms with E-state index < -0.39 is 63.5 Å². The van der Waals surface area contributed by atoms with Gasteiger partial charge < -0.3 is 41.0 Å². The highest BCUT2D eigenvalue weighted by molar-refractivity contribution is 7.86. The molecule has 4 aromatic rings. The van der Waals surface area contributed by atoms with Gasteiger partial charge in [-0.2, -0.15) is 8.42 Å². The third-order valence-electron chi connectivity index (χ3n) is 9.47. The molecule has 56 heavy (non-hydrogen) atoms. The lowest BCUT2D eigenvalue weighted by Crippen LogP contribution is -2.52. The summed E-state index contributed by atoms with van der Waals surface area (Å²) >= 11 is 0. The van der Waals surface area contributed by atoms with Gasteiger partial charge in [0.15, 0.2) is 0 Å². The first kappa shape index (κ1) is 39.7. The molecule has 0 fully saturated rings. The van der Waals surface area contributed by atoms with Crippen molar-refractivity contribution in [3.63, 3.8) is 0 Å². The molecular formula is C38H41N5O12S. The summed E-state index contributed by atoms with van der Waals surface area (Å²) in [7, 11) is -3.93. The molecule has 6 rings (SSSR count). The molecule has 3 aromatic carbocycles. The van der Waals surface area contributed by atoms with Gasteiger partial charge in [-0.1, -0.05) is 62.4 Å². The van der Waals surface area contributed by atoms with Crippen LogP contribution >= 0.6 is 0 Å². The van der Waals surface area contributed by atoms with E-state index in [1.54, 1.807) is 50.2 Å². The van der Waals surface area contributed by atoms with Crippen molar-refractivity contribution in [1.82, 2.24) is 15.2 Å². The maximum Gasteiger partial charge on any atom is 0.416 e. The summed E-state index contributed by atoms with van der Waals surface area (Å²) in [4.78, 5) is 65.4. The second-order valence-corrected chi connectivity index (χ2v) is 15.5. The van der Waals surface area contributed by atoms with E-state index in [0.717, 1.165) is 23.4 Å². The Morgan fingerprint density at radius 3 is 2.39 bits per heavy atom. The molecule has 6 N–H and O–H groups in total. The molecule has 2 unspecified atom stereocenters. The van der Waals surface area contributed by atoms with Gasteiger partial charge in [0.2, 0.25) is 17.4 Å². The molecule has 1 aromatic heterocycles. The lowest BCUT2D eigenvalue weighted by molar-refractivity contribution is -0.124. The number of fused-ring (bicyclic) bond motifs is 4. The first-order valence-corrected chi connectivity index (χ1v) is 19.5. The third-order valence-corrected chi connectivity index (χ3v) is 10.1. The van der Waals surface area contributed by atoms with Crippen molar-refractivity contribution >= 4 is 62.2 Å². The monoisotopic (exact) mass is 791 g/mol. The molecule has 296 valence electrons. The Labute approximate surface area is 321 Å². The number of Topliss-reactive ketones (excluding diaryl/α,β-unsaturated/α-hetero) is 1. The predicted molar refractivity (Wildman–Crippen MR) is 202 cm³/mol. The Balaban J connectivity index is 1.27. The van der Waals surface area contributed by atoms with Crippen molar-refractivity contribution in [3.05, 3.63) is 94.7 Å². The van der Waals surface area contributed by atoms with Gasteiger partial charge in [-0.25, -0.2) is 19.0 Å². The molecule has 0 spiro atoms. The normalized spacial score (nSPS) is 17.9. The molecule has 0 aliphatic carbocycles. The highest BCUT2D eigenvalue weighted by atomic mass is 32.2. The van der Waals surface area contributed by atoms with Gasteiger partial charge in [-0.3, -0.25) is 13.8 Å². The maximum absolute atomic E-state index is 14.9. The third kappa shape index (κ3) is 8.46. The first-order chi connectivity index (χ1) is 26.6. The number of hydrogen-bond donors (Lipinski definition) is 6. The van der Waals surface area contributed by atoms with Gasteiger partial charge in [0.25, 0.3) is 10.1 Å². The van der Waals surface area contributed by atoms with Gasteiger partial charge >= 0.3 is 18.2 Å². The molecule has 3 atom stereocenters. The van der Waals surface area contributed by atoms with Crippen molar-refractivity contribution in [2.24, 2.45) is 5.92 Å². The number of benzene rings is 3. The second-order valence-electron chi connectivity index (χ2n) is 13.9. The Morgan fingerprint density at radius 2 is 1.73 bits per heavy atom. The van der Waals surface area contributed by atoms with Crippen LogP contribution in [0.5, 0.6) is 0 Å². The number of rotatable bonds is 14. The van der Waals surface area contributed by atoms with Crippen molar-refractivity contribution < 1.29 is 56.3 Å². The number of ketones is 1. The predicted octanol–water partition coefficient (Wildman–Crippen LogP) is 3.81. The zero-order chi connectivity index (χ0) is 40.4. The summed E-state index contributed by atoms with van der Waals surface area (Å²) in [5.41, 5.74) is 0.0665. The summed E-state index contributed by atoms with van der Waals surface area (Å²) < 4.78 is 41.5. The number of nitrogens with zero attached hydrogens (tertiary/aromatic N) is 1. The standard InChI is InChI=1S/C38H41N5O12S/c1-21(2)31(41-36(48)53-20-22-9-5-4-6-10-22)34(45)39-13-14-54-38(18-23-11-7-8-12-28(23)42-38)33(44)27-17-29-25(16-30(35(46)47)43(29)37(49)50)26-15-24(19-40-32(26)27)55-56(3,51)52/h4-12,16-17,21,24,31,40,42H,13-15,18-20H2,1-3H3,(H,39,45)(H,41,48)(H,46,47)(H,49,50)/t24?,31-,38?/m0/s1. The minimum atomic E-state index is -3.93. The topological polar surface area (TPSA) is 241 Å². The molecule has 18 heteroatoms. The Kier molecular flexibility index (Phi) is 11.4. The molecule has 3 heterocycles. The fraction of sp³-hybridized carbons (Fsp3) is 0.342. The number of aromatic nitrogens is 1. The quantitative estimate of drug-likeness (QED) is 0.0605. The first-order valence-electron chi connectivity index (χ1n) is 17.7. The lowest BCUT2D eigenvalue weighted by Gasteiger charge is -2.32.